The Hall–Kier alpha value is -1.75. The Morgan fingerprint density at radius 3 is 1.73 bits per heavy atom. The molecule has 0 aromatic heterocycles. The molecule has 0 unspecified atom stereocenters. The Bertz CT molecular complexity index is 323. The zero-order valence-corrected chi connectivity index (χ0v) is 8.81. The minimum Gasteiger partial charge on any atom is -0.508 e. The van der Waals surface area contributed by atoms with Crippen molar-refractivity contribution in [1.29, 1.82) is 0 Å². The molecule has 0 spiro atoms. The maximum Gasteiger partial charge on any atom is 0.167 e. The minimum absolute atomic E-state index is 0.173. The number of methoxy groups -OCH3 is 1. The molecule has 15 heavy (non-hydrogen) atoms. The molecule has 1 rings (SSSR count). The van der Waals surface area contributed by atoms with E-state index >= 15 is 0 Å². The lowest BCUT2D eigenvalue weighted by molar-refractivity contribution is 0.101. The van der Waals surface area contributed by atoms with Crippen LogP contribution in [0.5, 0.6) is 17.2 Å². The quantitative estimate of drug-likeness (QED) is 0.613. The first-order chi connectivity index (χ1) is 6.93. The van der Waals surface area contributed by atoms with Crippen LogP contribution in [0.25, 0.3) is 0 Å². The van der Waals surface area contributed by atoms with E-state index in [1.807, 2.05) is 0 Å². The van der Waals surface area contributed by atoms with E-state index in [1.54, 1.807) is 14.2 Å². The van der Waals surface area contributed by atoms with Gasteiger partial charge in [-0.05, 0) is 6.92 Å². The second-order valence-corrected chi connectivity index (χ2v) is 2.82. The van der Waals surface area contributed by atoms with Crippen LogP contribution in [0, 0.1) is 0 Å². The molecule has 5 heteroatoms. The van der Waals surface area contributed by atoms with Crippen LogP contribution in [0.15, 0.2) is 12.1 Å². The van der Waals surface area contributed by atoms with Crippen LogP contribution in [0.4, 0.5) is 0 Å². The molecule has 0 amide bonds. The highest BCUT2D eigenvalue weighted by Crippen LogP contribution is 2.31. The van der Waals surface area contributed by atoms with Crippen molar-refractivity contribution >= 4 is 5.78 Å². The van der Waals surface area contributed by atoms with Crippen LogP contribution >= 0.6 is 0 Å². The first-order valence-corrected chi connectivity index (χ1v) is 4.10. The zero-order valence-electron chi connectivity index (χ0n) is 8.81. The van der Waals surface area contributed by atoms with Gasteiger partial charge in [0.05, 0.1) is 0 Å². The maximum atomic E-state index is 10.8. The van der Waals surface area contributed by atoms with E-state index in [0.29, 0.717) is 0 Å². The molecule has 0 saturated heterocycles. The van der Waals surface area contributed by atoms with Crippen molar-refractivity contribution < 1.29 is 24.9 Å². The largest absolute Gasteiger partial charge is 0.508 e. The van der Waals surface area contributed by atoms with E-state index < -0.39 is 17.3 Å². The van der Waals surface area contributed by atoms with Crippen molar-refractivity contribution in [1.82, 2.24) is 0 Å². The molecule has 0 aliphatic carbocycles. The van der Waals surface area contributed by atoms with Gasteiger partial charge in [0, 0.05) is 26.4 Å². The lowest BCUT2D eigenvalue weighted by Gasteiger charge is -2.03. The van der Waals surface area contributed by atoms with Crippen LogP contribution in [0.2, 0.25) is 0 Å². The van der Waals surface area contributed by atoms with E-state index in [1.165, 1.54) is 6.92 Å². The predicted octanol–water partition coefficient (Wildman–Crippen LogP) is 1.27. The second-order valence-electron chi connectivity index (χ2n) is 2.82. The second kappa shape index (κ2) is 5.87. The Balaban J connectivity index is 0.000000583. The van der Waals surface area contributed by atoms with E-state index in [4.69, 9.17) is 15.3 Å². The summed E-state index contributed by atoms with van der Waals surface area (Å²) in [6.07, 6.45) is 0. The standard InChI is InChI=1S/C8H8O4.C2H6O/c1-4(9)8-6(11)2-5(10)3-7(8)12;1-3-2/h2-3,10-12H,1H3;1-2H3. The highest BCUT2D eigenvalue weighted by atomic mass is 16.4. The number of phenols is 3. The van der Waals surface area contributed by atoms with Gasteiger partial charge in [-0.25, -0.2) is 0 Å². The summed E-state index contributed by atoms with van der Waals surface area (Å²) in [5.41, 5.74) is -0.173. The first-order valence-electron chi connectivity index (χ1n) is 4.10. The van der Waals surface area contributed by atoms with Crippen molar-refractivity contribution in [2.45, 2.75) is 6.92 Å². The Morgan fingerprint density at radius 1 is 1.13 bits per heavy atom. The van der Waals surface area contributed by atoms with Crippen molar-refractivity contribution in [2.75, 3.05) is 14.2 Å². The molecule has 1 aromatic carbocycles. The van der Waals surface area contributed by atoms with Gasteiger partial charge in [0.25, 0.3) is 0 Å². The van der Waals surface area contributed by atoms with Crippen molar-refractivity contribution in [2.24, 2.45) is 0 Å². The van der Waals surface area contributed by atoms with Crippen LogP contribution in [0.3, 0.4) is 0 Å². The molecule has 0 heterocycles. The number of carbonyl (C=O) groups excluding carboxylic acids is 1. The van der Waals surface area contributed by atoms with Gasteiger partial charge in [-0.3, -0.25) is 4.79 Å². The summed E-state index contributed by atoms with van der Waals surface area (Å²) in [5.74, 6) is -1.57. The number of hydrogen-bond acceptors (Lipinski definition) is 5. The summed E-state index contributed by atoms with van der Waals surface area (Å²) < 4.78 is 4.25. The molecule has 0 fully saturated rings. The predicted molar refractivity (Wildman–Crippen MR) is 54.4 cm³/mol. The Kier molecular flexibility index (Phi) is 5.19. The van der Waals surface area contributed by atoms with Gasteiger partial charge in [-0.15, -0.1) is 0 Å². The van der Waals surface area contributed by atoms with Crippen LogP contribution < -0.4 is 0 Å². The Morgan fingerprint density at radius 2 is 1.47 bits per heavy atom. The first kappa shape index (κ1) is 13.2. The molecule has 84 valence electrons. The van der Waals surface area contributed by atoms with Crippen LogP contribution in [-0.2, 0) is 4.74 Å². The number of phenolic OH excluding ortho intramolecular Hbond substituents is 3. The fourth-order valence-electron chi connectivity index (χ4n) is 0.958. The zero-order chi connectivity index (χ0) is 12.0. The van der Waals surface area contributed by atoms with Crippen LogP contribution in [-0.4, -0.2) is 35.3 Å². The summed E-state index contributed by atoms with van der Waals surface area (Å²) >= 11 is 0. The Labute approximate surface area is 87.6 Å². The smallest absolute Gasteiger partial charge is 0.167 e. The van der Waals surface area contributed by atoms with Crippen molar-refractivity contribution in [3.8, 4) is 17.2 Å². The van der Waals surface area contributed by atoms with E-state index in [9.17, 15) is 4.79 Å². The molecular weight excluding hydrogens is 200 g/mol. The highest BCUT2D eigenvalue weighted by Gasteiger charge is 2.13. The third-order valence-electron chi connectivity index (χ3n) is 1.43. The van der Waals surface area contributed by atoms with Gasteiger partial charge in [-0.2, -0.15) is 0 Å². The highest BCUT2D eigenvalue weighted by molar-refractivity contribution is 5.99. The molecule has 0 aliphatic rings. The van der Waals surface area contributed by atoms with Gasteiger partial charge in [0.15, 0.2) is 5.78 Å². The third-order valence-corrected chi connectivity index (χ3v) is 1.43. The SMILES string of the molecule is CC(=O)c1c(O)cc(O)cc1O.COC. The van der Waals surface area contributed by atoms with E-state index in [-0.39, 0.29) is 11.3 Å². The molecular formula is C10H14O5. The number of aromatic hydroxyl groups is 3. The molecule has 0 radical (unpaired) electrons. The molecule has 0 atom stereocenters. The summed E-state index contributed by atoms with van der Waals surface area (Å²) in [6, 6.07) is 1.99. The van der Waals surface area contributed by atoms with E-state index in [0.717, 1.165) is 12.1 Å². The monoisotopic (exact) mass is 214 g/mol. The maximum absolute atomic E-state index is 10.8. The molecule has 0 aliphatic heterocycles. The molecule has 0 saturated carbocycles. The fourth-order valence-corrected chi connectivity index (χ4v) is 0.958. The van der Waals surface area contributed by atoms with Gasteiger partial charge in [0.2, 0.25) is 0 Å². The normalized spacial score (nSPS) is 9.00. The topological polar surface area (TPSA) is 87.0 Å². The number of benzene rings is 1. The summed E-state index contributed by atoms with van der Waals surface area (Å²) in [6.45, 7) is 1.21. The molecule has 1 aromatic rings. The van der Waals surface area contributed by atoms with Gasteiger partial charge in [-0.1, -0.05) is 0 Å². The molecule has 3 N–H and O–H groups in total. The van der Waals surface area contributed by atoms with Crippen molar-refractivity contribution in [3.63, 3.8) is 0 Å². The summed E-state index contributed by atoms with van der Waals surface area (Å²) in [5, 5.41) is 27.1. The average Bonchev–Trinajstić information content (AvgIpc) is 2.01. The molecule has 0 bridgehead atoms. The molecule has 5 nitrogen and oxygen atoms in total. The number of carbonyl (C=O) groups is 1. The summed E-state index contributed by atoms with van der Waals surface area (Å²) in [7, 11) is 3.25. The number of ketones is 1. The average molecular weight is 214 g/mol. The third kappa shape index (κ3) is 3.86. The number of ether oxygens (including phenoxy) is 1. The number of rotatable bonds is 1. The minimum atomic E-state index is -0.454. The van der Waals surface area contributed by atoms with Gasteiger partial charge in [0.1, 0.15) is 22.8 Å². The lowest BCUT2D eigenvalue weighted by atomic mass is 10.1. The van der Waals surface area contributed by atoms with Gasteiger partial charge >= 0.3 is 0 Å². The number of Topliss-reactive ketones (excluding diaryl/α,β-unsaturated/α-hetero) is 1. The lowest BCUT2D eigenvalue weighted by Crippen LogP contribution is -1.92. The summed E-state index contributed by atoms with van der Waals surface area (Å²) in [4.78, 5) is 10.8. The van der Waals surface area contributed by atoms with Gasteiger partial charge < -0.3 is 20.1 Å². The van der Waals surface area contributed by atoms with Crippen LogP contribution in [0.1, 0.15) is 17.3 Å². The number of hydrogen-bond donors (Lipinski definition) is 3. The fraction of sp³-hybridized carbons (Fsp3) is 0.300. The van der Waals surface area contributed by atoms with E-state index in [2.05, 4.69) is 4.74 Å². The van der Waals surface area contributed by atoms with Crippen molar-refractivity contribution in [3.05, 3.63) is 17.7 Å².